The molecule has 1 aromatic carbocycles. The first kappa shape index (κ1) is 13.5. The number of benzene rings is 1. The normalized spacial score (nSPS) is 10.7. The topological polar surface area (TPSA) is 46.0 Å². The minimum Gasteiger partial charge on any atom is -0.373 e. The molecule has 2 rings (SSSR count). The number of nitrogens with zero attached hydrogens (tertiary/aromatic N) is 4. The van der Waals surface area contributed by atoms with Gasteiger partial charge in [0.1, 0.15) is 0 Å². The monoisotopic (exact) mass is 259 g/mol. The van der Waals surface area contributed by atoms with Crippen molar-refractivity contribution in [2.24, 2.45) is 0 Å². The third-order valence-corrected chi connectivity index (χ3v) is 3.05. The molecule has 1 heterocycles. The van der Waals surface area contributed by atoms with E-state index in [4.69, 9.17) is 0 Å². The van der Waals surface area contributed by atoms with Crippen molar-refractivity contribution in [3.8, 4) is 0 Å². The van der Waals surface area contributed by atoms with E-state index in [1.54, 1.807) is 0 Å². The third kappa shape index (κ3) is 3.79. The van der Waals surface area contributed by atoms with Gasteiger partial charge in [0.05, 0.1) is 12.2 Å². The van der Waals surface area contributed by atoms with Gasteiger partial charge in [-0.15, -0.1) is 5.10 Å². The van der Waals surface area contributed by atoms with Gasteiger partial charge in [-0.3, -0.25) is 4.68 Å². The Kier molecular flexibility index (Phi) is 4.52. The summed E-state index contributed by atoms with van der Waals surface area (Å²) in [5.74, 6) is 0. The van der Waals surface area contributed by atoms with Crippen LogP contribution in [0.1, 0.15) is 11.3 Å². The first-order valence-corrected chi connectivity index (χ1v) is 6.50. The predicted octanol–water partition coefficient (Wildman–Crippen LogP) is 1.44. The number of nitrogens with one attached hydrogen (secondary N) is 1. The van der Waals surface area contributed by atoms with Gasteiger partial charge in [-0.1, -0.05) is 17.3 Å². The molecule has 0 amide bonds. The summed E-state index contributed by atoms with van der Waals surface area (Å²) in [6, 6.07) is 8.51. The minimum absolute atomic E-state index is 0.758. The zero-order chi connectivity index (χ0) is 13.7. The van der Waals surface area contributed by atoms with Gasteiger partial charge in [0.2, 0.25) is 0 Å². The second-order valence-electron chi connectivity index (χ2n) is 4.76. The maximum atomic E-state index is 4.12. The van der Waals surface area contributed by atoms with Gasteiger partial charge in [-0.25, -0.2) is 0 Å². The van der Waals surface area contributed by atoms with Crippen LogP contribution in [-0.4, -0.2) is 35.6 Å². The molecule has 2 aromatic rings. The summed E-state index contributed by atoms with van der Waals surface area (Å²) in [6.07, 6.45) is 1.99. The summed E-state index contributed by atoms with van der Waals surface area (Å²) in [4.78, 5) is 2.23. The summed E-state index contributed by atoms with van der Waals surface area (Å²) in [6.45, 7) is 4.61. The lowest BCUT2D eigenvalue weighted by molar-refractivity contribution is 0.587. The van der Waals surface area contributed by atoms with Crippen LogP contribution in [0, 0.1) is 6.92 Å². The van der Waals surface area contributed by atoms with E-state index in [0.717, 1.165) is 25.3 Å². The van der Waals surface area contributed by atoms with Crippen LogP contribution in [0.4, 0.5) is 5.69 Å². The van der Waals surface area contributed by atoms with Crippen molar-refractivity contribution >= 4 is 5.69 Å². The van der Waals surface area contributed by atoms with E-state index in [1.807, 2.05) is 17.9 Å². The number of hydrogen-bond donors (Lipinski definition) is 1. The second-order valence-corrected chi connectivity index (χ2v) is 4.76. The second kappa shape index (κ2) is 6.33. The average Bonchev–Trinajstić information content (AvgIpc) is 2.84. The molecule has 1 N–H and O–H groups in total. The summed E-state index contributed by atoms with van der Waals surface area (Å²) in [7, 11) is 4.00. The molecule has 0 saturated carbocycles. The summed E-state index contributed by atoms with van der Waals surface area (Å²) in [5.41, 5.74) is 3.48. The summed E-state index contributed by atoms with van der Waals surface area (Å²) >= 11 is 0. The van der Waals surface area contributed by atoms with Crippen molar-refractivity contribution in [3.63, 3.8) is 0 Å². The van der Waals surface area contributed by atoms with Gasteiger partial charge in [0, 0.05) is 32.0 Å². The van der Waals surface area contributed by atoms with Crippen LogP contribution in [0.3, 0.4) is 0 Å². The van der Waals surface area contributed by atoms with Crippen molar-refractivity contribution in [2.75, 3.05) is 25.5 Å². The zero-order valence-corrected chi connectivity index (χ0v) is 11.8. The molecular formula is C14H21N5. The summed E-state index contributed by atoms with van der Waals surface area (Å²) in [5, 5.41) is 11.3. The molecular weight excluding hydrogens is 238 g/mol. The van der Waals surface area contributed by atoms with Crippen molar-refractivity contribution in [1.29, 1.82) is 0 Å². The zero-order valence-electron chi connectivity index (χ0n) is 11.8. The van der Waals surface area contributed by atoms with Crippen LogP contribution in [0.25, 0.3) is 0 Å². The Morgan fingerprint density at radius 1 is 1.37 bits per heavy atom. The van der Waals surface area contributed by atoms with Gasteiger partial charge in [0.15, 0.2) is 0 Å². The lowest BCUT2D eigenvalue weighted by Gasteiger charge is -2.19. The highest BCUT2D eigenvalue weighted by Crippen LogP contribution is 2.13. The van der Waals surface area contributed by atoms with E-state index in [2.05, 4.69) is 58.8 Å². The molecule has 5 nitrogen and oxygen atoms in total. The number of anilines is 1. The van der Waals surface area contributed by atoms with Crippen LogP contribution in [-0.2, 0) is 13.1 Å². The highest BCUT2D eigenvalue weighted by molar-refractivity contribution is 5.47. The molecule has 0 fully saturated rings. The van der Waals surface area contributed by atoms with E-state index in [9.17, 15) is 0 Å². The fourth-order valence-electron chi connectivity index (χ4n) is 1.96. The van der Waals surface area contributed by atoms with Crippen LogP contribution in [0.15, 0.2) is 30.5 Å². The number of hydrogen-bond acceptors (Lipinski definition) is 4. The number of aryl methyl sites for hydroxylation is 1. The van der Waals surface area contributed by atoms with E-state index < -0.39 is 0 Å². The van der Waals surface area contributed by atoms with Crippen molar-refractivity contribution < 1.29 is 0 Å². The molecule has 0 radical (unpaired) electrons. The van der Waals surface area contributed by atoms with Crippen LogP contribution < -0.4 is 10.2 Å². The lowest BCUT2D eigenvalue weighted by atomic mass is 10.2. The lowest BCUT2D eigenvalue weighted by Crippen LogP contribution is -2.22. The predicted molar refractivity (Wildman–Crippen MR) is 77.2 cm³/mol. The number of aromatic nitrogens is 3. The van der Waals surface area contributed by atoms with Crippen molar-refractivity contribution in [1.82, 2.24) is 20.3 Å². The highest BCUT2D eigenvalue weighted by Gasteiger charge is 2.03. The van der Waals surface area contributed by atoms with Gasteiger partial charge in [-0.2, -0.15) is 0 Å². The van der Waals surface area contributed by atoms with E-state index in [-0.39, 0.29) is 0 Å². The Labute approximate surface area is 114 Å². The largest absolute Gasteiger partial charge is 0.373 e. The quantitative estimate of drug-likeness (QED) is 0.853. The smallest absolute Gasteiger partial charge is 0.0964 e. The van der Waals surface area contributed by atoms with Crippen molar-refractivity contribution in [3.05, 3.63) is 41.7 Å². The molecule has 102 valence electrons. The van der Waals surface area contributed by atoms with Gasteiger partial charge >= 0.3 is 0 Å². The SMILES string of the molecule is CNCc1cn(CCN(C)c2cccc(C)c2)nn1. The molecule has 0 saturated heterocycles. The fraction of sp³-hybridized carbons (Fsp3) is 0.429. The molecule has 0 spiro atoms. The number of likely N-dealkylation sites (N-methyl/N-ethyl adjacent to an activating group) is 1. The minimum atomic E-state index is 0.758. The van der Waals surface area contributed by atoms with Crippen LogP contribution in [0.5, 0.6) is 0 Å². The van der Waals surface area contributed by atoms with Crippen LogP contribution >= 0.6 is 0 Å². The molecule has 1 aromatic heterocycles. The van der Waals surface area contributed by atoms with E-state index >= 15 is 0 Å². The Bertz CT molecular complexity index is 520. The Morgan fingerprint density at radius 2 is 2.21 bits per heavy atom. The molecule has 5 heteroatoms. The van der Waals surface area contributed by atoms with Gasteiger partial charge in [0.25, 0.3) is 0 Å². The first-order valence-electron chi connectivity index (χ1n) is 6.50. The standard InChI is InChI=1S/C14H21N5/c1-12-5-4-6-14(9-12)18(3)7-8-19-11-13(10-15-2)16-17-19/h4-6,9,11,15H,7-8,10H2,1-3H3. The average molecular weight is 259 g/mol. The molecule has 0 aliphatic heterocycles. The third-order valence-electron chi connectivity index (χ3n) is 3.05. The molecule has 0 atom stereocenters. The Balaban J connectivity index is 1.90. The van der Waals surface area contributed by atoms with Gasteiger partial charge in [-0.05, 0) is 31.7 Å². The molecule has 19 heavy (non-hydrogen) atoms. The van der Waals surface area contributed by atoms with Gasteiger partial charge < -0.3 is 10.2 Å². The molecule has 0 bridgehead atoms. The fourth-order valence-corrected chi connectivity index (χ4v) is 1.96. The maximum absolute atomic E-state index is 4.12. The Morgan fingerprint density at radius 3 is 2.95 bits per heavy atom. The van der Waals surface area contributed by atoms with E-state index in [1.165, 1.54) is 11.3 Å². The number of rotatable bonds is 6. The highest BCUT2D eigenvalue weighted by atomic mass is 15.4. The van der Waals surface area contributed by atoms with E-state index in [0.29, 0.717) is 0 Å². The Hall–Kier alpha value is -1.88. The molecule has 0 aliphatic carbocycles. The summed E-state index contributed by atoms with van der Waals surface area (Å²) < 4.78 is 1.89. The molecule has 0 unspecified atom stereocenters. The first-order chi connectivity index (χ1) is 9.19. The van der Waals surface area contributed by atoms with Crippen molar-refractivity contribution in [2.45, 2.75) is 20.0 Å². The van der Waals surface area contributed by atoms with Crippen LogP contribution in [0.2, 0.25) is 0 Å². The molecule has 0 aliphatic rings. The maximum Gasteiger partial charge on any atom is 0.0964 e.